The highest BCUT2D eigenvalue weighted by atomic mass is 32.2. The molecule has 3 aromatic rings. The standard InChI is InChI=1S/C23H17FN2OS/c24-18-10-8-16(9-11-18)20-12-22(27)26-23(21(20)13-25)28-14-17-6-3-5-15-4-1-2-7-19(15)17/h1-11,20H,12,14H2,(H,26,27). The van der Waals surface area contributed by atoms with Gasteiger partial charge >= 0.3 is 0 Å². The SMILES string of the molecule is N#CC1=C(SCc2cccc3ccccc23)NC(=O)CC1c1ccc(F)cc1. The molecule has 0 spiro atoms. The lowest BCUT2D eigenvalue weighted by Crippen LogP contribution is -2.30. The number of allylic oxidation sites excluding steroid dienone is 1. The van der Waals surface area contributed by atoms with E-state index in [-0.39, 0.29) is 24.1 Å². The van der Waals surface area contributed by atoms with Crippen LogP contribution < -0.4 is 5.32 Å². The normalized spacial score (nSPS) is 16.7. The van der Waals surface area contributed by atoms with Crippen molar-refractivity contribution in [2.75, 3.05) is 0 Å². The smallest absolute Gasteiger partial charge is 0.225 e. The molecular formula is C23H17FN2OS. The maximum absolute atomic E-state index is 13.3. The Morgan fingerprint density at radius 2 is 1.82 bits per heavy atom. The molecule has 0 fully saturated rings. The minimum atomic E-state index is -0.352. The fraction of sp³-hybridized carbons (Fsp3) is 0.130. The summed E-state index contributed by atoms with van der Waals surface area (Å²) < 4.78 is 13.3. The molecule has 0 aliphatic carbocycles. The number of thioether (sulfide) groups is 1. The van der Waals surface area contributed by atoms with E-state index in [0.717, 1.165) is 21.9 Å². The van der Waals surface area contributed by atoms with E-state index in [1.165, 1.54) is 23.9 Å². The third-order valence-corrected chi connectivity index (χ3v) is 5.95. The molecule has 1 atom stereocenters. The van der Waals surface area contributed by atoms with E-state index in [9.17, 15) is 14.4 Å². The van der Waals surface area contributed by atoms with Gasteiger partial charge in [-0.05, 0) is 34.0 Å². The Morgan fingerprint density at radius 3 is 2.61 bits per heavy atom. The van der Waals surface area contributed by atoms with Gasteiger partial charge in [0.15, 0.2) is 0 Å². The minimum absolute atomic E-state index is 0.131. The van der Waals surface area contributed by atoms with Gasteiger partial charge < -0.3 is 5.32 Å². The van der Waals surface area contributed by atoms with Crippen molar-refractivity contribution in [2.24, 2.45) is 0 Å². The van der Waals surface area contributed by atoms with Crippen molar-refractivity contribution in [3.05, 3.63) is 94.3 Å². The fourth-order valence-corrected chi connectivity index (χ4v) is 4.56. The zero-order chi connectivity index (χ0) is 19.5. The first-order valence-electron chi connectivity index (χ1n) is 8.94. The quantitative estimate of drug-likeness (QED) is 0.664. The molecule has 1 N–H and O–H groups in total. The third kappa shape index (κ3) is 3.64. The van der Waals surface area contributed by atoms with Gasteiger partial charge in [0, 0.05) is 18.1 Å². The van der Waals surface area contributed by atoms with Gasteiger partial charge in [-0.25, -0.2) is 4.39 Å². The molecule has 4 rings (SSSR count). The van der Waals surface area contributed by atoms with Crippen LogP contribution in [0.5, 0.6) is 0 Å². The number of amides is 1. The van der Waals surface area contributed by atoms with Crippen LogP contribution in [-0.4, -0.2) is 5.91 Å². The number of fused-ring (bicyclic) bond motifs is 1. The number of carbonyl (C=O) groups is 1. The summed E-state index contributed by atoms with van der Waals surface area (Å²) in [4.78, 5) is 12.3. The van der Waals surface area contributed by atoms with Gasteiger partial charge in [0.2, 0.25) is 5.91 Å². The molecule has 1 amide bonds. The summed E-state index contributed by atoms with van der Waals surface area (Å²) in [5.74, 6) is -0.182. The molecule has 1 aliphatic rings. The second-order valence-corrected chi connectivity index (χ2v) is 7.62. The van der Waals surface area contributed by atoms with E-state index in [1.807, 2.05) is 18.2 Å². The van der Waals surface area contributed by atoms with Crippen LogP contribution in [0, 0.1) is 17.1 Å². The molecule has 0 aromatic heterocycles. The van der Waals surface area contributed by atoms with Crippen LogP contribution in [0.25, 0.3) is 10.8 Å². The summed E-state index contributed by atoms with van der Waals surface area (Å²) >= 11 is 1.45. The largest absolute Gasteiger partial charge is 0.320 e. The first-order valence-corrected chi connectivity index (χ1v) is 9.93. The number of hydrogen-bond acceptors (Lipinski definition) is 3. The van der Waals surface area contributed by atoms with E-state index >= 15 is 0 Å². The topological polar surface area (TPSA) is 52.9 Å². The second-order valence-electron chi connectivity index (χ2n) is 6.64. The third-order valence-electron chi connectivity index (χ3n) is 4.88. The van der Waals surface area contributed by atoms with E-state index in [2.05, 4.69) is 35.7 Å². The van der Waals surface area contributed by atoms with Crippen LogP contribution in [0.2, 0.25) is 0 Å². The van der Waals surface area contributed by atoms with E-state index in [1.54, 1.807) is 12.1 Å². The molecule has 0 bridgehead atoms. The summed E-state index contributed by atoms with van der Waals surface area (Å²) in [5, 5.41) is 15.5. The summed E-state index contributed by atoms with van der Waals surface area (Å²) in [7, 11) is 0. The molecule has 1 heterocycles. The van der Waals surface area contributed by atoms with Crippen LogP contribution >= 0.6 is 11.8 Å². The van der Waals surface area contributed by atoms with Gasteiger partial charge in [-0.1, -0.05) is 54.6 Å². The summed E-state index contributed by atoms with van der Waals surface area (Å²) in [6, 6.07) is 22.6. The Balaban J connectivity index is 1.65. The lowest BCUT2D eigenvalue weighted by atomic mass is 9.87. The maximum atomic E-state index is 13.3. The molecule has 138 valence electrons. The predicted octanol–water partition coefficient (Wildman–Crippen LogP) is 5.25. The highest BCUT2D eigenvalue weighted by Gasteiger charge is 2.29. The number of nitrogens with one attached hydrogen (secondary N) is 1. The van der Waals surface area contributed by atoms with Gasteiger partial charge in [-0.3, -0.25) is 4.79 Å². The van der Waals surface area contributed by atoms with Crippen molar-refractivity contribution in [2.45, 2.75) is 18.1 Å². The number of hydrogen-bond donors (Lipinski definition) is 1. The molecular weight excluding hydrogens is 371 g/mol. The predicted molar refractivity (Wildman–Crippen MR) is 110 cm³/mol. The molecule has 5 heteroatoms. The summed E-state index contributed by atoms with van der Waals surface area (Å²) in [6.07, 6.45) is 0.187. The van der Waals surface area contributed by atoms with Crippen LogP contribution in [-0.2, 0) is 10.5 Å². The molecule has 0 saturated heterocycles. The zero-order valence-electron chi connectivity index (χ0n) is 15.0. The van der Waals surface area contributed by atoms with E-state index < -0.39 is 0 Å². The fourth-order valence-electron chi connectivity index (χ4n) is 3.48. The number of halogens is 1. The van der Waals surface area contributed by atoms with Crippen LogP contribution in [0.15, 0.2) is 77.3 Å². The van der Waals surface area contributed by atoms with Crippen molar-refractivity contribution in [1.29, 1.82) is 5.26 Å². The van der Waals surface area contributed by atoms with E-state index in [0.29, 0.717) is 16.4 Å². The van der Waals surface area contributed by atoms with Crippen molar-refractivity contribution < 1.29 is 9.18 Å². The Bertz CT molecular complexity index is 1110. The van der Waals surface area contributed by atoms with Crippen molar-refractivity contribution in [3.8, 4) is 6.07 Å². The summed E-state index contributed by atoms with van der Waals surface area (Å²) in [5.41, 5.74) is 2.44. The average Bonchev–Trinajstić information content (AvgIpc) is 2.72. The number of nitrogens with zero attached hydrogens (tertiary/aromatic N) is 1. The number of rotatable bonds is 4. The number of benzene rings is 3. The first kappa shape index (κ1) is 18.3. The van der Waals surface area contributed by atoms with Gasteiger partial charge in [0.25, 0.3) is 0 Å². The van der Waals surface area contributed by atoms with Crippen molar-refractivity contribution in [3.63, 3.8) is 0 Å². The second kappa shape index (κ2) is 7.87. The highest BCUT2D eigenvalue weighted by Crippen LogP contribution is 2.37. The monoisotopic (exact) mass is 388 g/mol. The molecule has 3 nitrogen and oxygen atoms in total. The van der Waals surface area contributed by atoms with Crippen LogP contribution in [0.4, 0.5) is 4.39 Å². The van der Waals surface area contributed by atoms with Gasteiger partial charge in [-0.15, -0.1) is 11.8 Å². The highest BCUT2D eigenvalue weighted by molar-refractivity contribution is 8.02. The molecule has 1 aliphatic heterocycles. The van der Waals surface area contributed by atoms with E-state index in [4.69, 9.17) is 0 Å². The molecule has 0 radical (unpaired) electrons. The van der Waals surface area contributed by atoms with Crippen molar-refractivity contribution in [1.82, 2.24) is 5.32 Å². The molecule has 28 heavy (non-hydrogen) atoms. The maximum Gasteiger partial charge on any atom is 0.225 e. The Labute approximate surface area is 166 Å². The average molecular weight is 388 g/mol. The van der Waals surface area contributed by atoms with Gasteiger partial charge in [-0.2, -0.15) is 5.26 Å². The first-order chi connectivity index (χ1) is 13.7. The summed E-state index contributed by atoms with van der Waals surface area (Å²) in [6.45, 7) is 0. The van der Waals surface area contributed by atoms with Crippen molar-refractivity contribution >= 4 is 28.4 Å². The number of carbonyl (C=O) groups excluding carboxylic acids is 1. The molecule has 1 unspecified atom stereocenters. The van der Waals surface area contributed by atoms with Crippen LogP contribution in [0.3, 0.4) is 0 Å². The Morgan fingerprint density at radius 1 is 1.07 bits per heavy atom. The van der Waals surface area contributed by atoms with Gasteiger partial charge in [0.1, 0.15) is 5.82 Å². The Kier molecular flexibility index (Phi) is 5.14. The molecule has 0 saturated carbocycles. The minimum Gasteiger partial charge on any atom is -0.320 e. The molecule has 3 aromatic carbocycles. The zero-order valence-corrected chi connectivity index (χ0v) is 15.8. The Hall–Kier alpha value is -3.10. The van der Waals surface area contributed by atoms with Crippen LogP contribution in [0.1, 0.15) is 23.5 Å². The van der Waals surface area contributed by atoms with Gasteiger partial charge in [0.05, 0.1) is 16.7 Å². The number of nitriles is 1. The lowest BCUT2D eigenvalue weighted by Gasteiger charge is -2.25. The lowest BCUT2D eigenvalue weighted by molar-refractivity contribution is -0.120.